The third-order valence-corrected chi connectivity index (χ3v) is 5.20. The largest absolute Gasteiger partial charge is 0.376 e. The fourth-order valence-electron chi connectivity index (χ4n) is 3.51. The average molecular weight is 382 g/mol. The lowest BCUT2D eigenvalue weighted by atomic mass is 10.1. The highest BCUT2D eigenvalue weighted by molar-refractivity contribution is 6.30. The van der Waals surface area contributed by atoms with E-state index in [0.29, 0.717) is 36.0 Å². The van der Waals surface area contributed by atoms with Crippen molar-refractivity contribution in [2.24, 2.45) is 0 Å². The van der Waals surface area contributed by atoms with E-state index in [-0.39, 0.29) is 0 Å². The van der Waals surface area contributed by atoms with Crippen molar-refractivity contribution in [1.82, 2.24) is 0 Å². The molecule has 4 rings (SSSR count). The number of benzene rings is 2. The van der Waals surface area contributed by atoms with Crippen LogP contribution < -0.4 is 26.0 Å². The number of hydrogen-bond donors (Lipinski definition) is 1. The van der Waals surface area contributed by atoms with Crippen LogP contribution in [0.1, 0.15) is 5.56 Å². The Morgan fingerprint density at radius 3 is 2.26 bits per heavy atom. The van der Waals surface area contributed by atoms with Crippen molar-refractivity contribution in [2.45, 2.75) is 6.54 Å². The molecule has 1 fully saturated rings. The molecule has 1 N–H and O–H groups in total. The Morgan fingerprint density at radius 1 is 0.852 bits per heavy atom. The molecule has 0 bridgehead atoms. The fraction of sp³-hybridized carbons (Fsp3) is 0.238. The van der Waals surface area contributed by atoms with Gasteiger partial charge in [0.1, 0.15) is 11.4 Å². The summed E-state index contributed by atoms with van der Waals surface area (Å²) in [5, 5.41) is 3.78. The molecule has 1 aliphatic heterocycles. The molecule has 0 amide bonds. The molecule has 1 aliphatic rings. The van der Waals surface area contributed by atoms with E-state index in [1.165, 1.54) is 5.69 Å². The van der Waals surface area contributed by atoms with Crippen molar-refractivity contribution in [3.05, 3.63) is 85.6 Å². The minimum absolute atomic E-state index is 0.392. The van der Waals surface area contributed by atoms with Gasteiger partial charge in [-0.3, -0.25) is 9.59 Å². The van der Waals surface area contributed by atoms with Crippen LogP contribution in [0, 0.1) is 0 Å². The number of rotatable bonds is 5. The highest BCUT2D eigenvalue weighted by Gasteiger charge is 2.28. The van der Waals surface area contributed by atoms with Crippen molar-refractivity contribution in [3.8, 4) is 0 Å². The minimum atomic E-state index is -0.433. The molecule has 1 heterocycles. The van der Waals surface area contributed by atoms with Crippen molar-refractivity contribution >= 4 is 28.7 Å². The van der Waals surface area contributed by atoms with E-state index in [1.807, 2.05) is 41.3 Å². The SMILES string of the molecule is O=c1c(NCc2cccc(Cl)c2)c(N2CCN(c3ccccc3)CC2)c1=O. The third-order valence-electron chi connectivity index (χ3n) is 4.96. The molecule has 0 aliphatic carbocycles. The van der Waals surface area contributed by atoms with Gasteiger partial charge >= 0.3 is 0 Å². The van der Waals surface area contributed by atoms with E-state index in [4.69, 9.17) is 11.6 Å². The maximum absolute atomic E-state index is 12.2. The highest BCUT2D eigenvalue weighted by Crippen LogP contribution is 2.24. The summed E-state index contributed by atoms with van der Waals surface area (Å²) in [5.41, 5.74) is 2.27. The normalized spacial score (nSPS) is 14.6. The Kier molecular flexibility index (Phi) is 4.86. The highest BCUT2D eigenvalue weighted by atomic mass is 35.5. The van der Waals surface area contributed by atoms with Crippen LogP contribution in [0.3, 0.4) is 0 Å². The molecule has 0 saturated carbocycles. The van der Waals surface area contributed by atoms with E-state index in [2.05, 4.69) is 22.3 Å². The summed E-state index contributed by atoms with van der Waals surface area (Å²) < 4.78 is 0. The molecule has 27 heavy (non-hydrogen) atoms. The number of nitrogens with zero attached hydrogens (tertiary/aromatic N) is 2. The summed E-state index contributed by atoms with van der Waals surface area (Å²) in [6.45, 7) is 3.52. The first-order valence-corrected chi connectivity index (χ1v) is 9.38. The predicted octanol–water partition coefficient (Wildman–Crippen LogP) is 2.87. The fourth-order valence-corrected chi connectivity index (χ4v) is 3.72. The molecule has 3 aromatic carbocycles. The lowest BCUT2D eigenvalue weighted by Crippen LogP contribution is -2.51. The molecule has 3 aromatic rings. The van der Waals surface area contributed by atoms with Crippen LogP contribution in [0.4, 0.5) is 17.1 Å². The van der Waals surface area contributed by atoms with Gasteiger partial charge in [-0.2, -0.15) is 0 Å². The number of para-hydroxylation sites is 1. The molecular weight excluding hydrogens is 362 g/mol. The van der Waals surface area contributed by atoms with Gasteiger partial charge in [0.15, 0.2) is 0 Å². The van der Waals surface area contributed by atoms with E-state index in [9.17, 15) is 9.59 Å². The zero-order valence-corrected chi connectivity index (χ0v) is 15.6. The van der Waals surface area contributed by atoms with Crippen LogP contribution in [-0.4, -0.2) is 26.2 Å². The van der Waals surface area contributed by atoms with Gasteiger partial charge in [0.05, 0.1) is 0 Å². The monoisotopic (exact) mass is 381 g/mol. The third kappa shape index (κ3) is 3.55. The lowest BCUT2D eigenvalue weighted by Gasteiger charge is -2.38. The van der Waals surface area contributed by atoms with Gasteiger partial charge < -0.3 is 15.1 Å². The molecular formula is C21H20ClN3O2. The second kappa shape index (κ2) is 7.45. The average Bonchev–Trinajstić information content (AvgIpc) is 2.71. The van der Waals surface area contributed by atoms with Gasteiger partial charge in [-0.05, 0) is 29.8 Å². The zero-order valence-electron chi connectivity index (χ0n) is 14.8. The summed E-state index contributed by atoms with van der Waals surface area (Å²) in [7, 11) is 0. The quantitative estimate of drug-likeness (QED) is 0.689. The van der Waals surface area contributed by atoms with Gasteiger partial charge in [0.2, 0.25) is 0 Å². The van der Waals surface area contributed by atoms with Gasteiger partial charge in [0, 0.05) is 43.4 Å². The van der Waals surface area contributed by atoms with Crippen LogP contribution in [-0.2, 0) is 6.54 Å². The van der Waals surface area contributed by atoms with E-state index in [1.54, 1.807) is 6.07 Å². The standard InChI is InChI=1S/C21H20ClN3O2/c22-16-6-4-5-15(13-16)14-23-18-19(21(27)20(18)26)25-11-9-24(10-12-25)17-7-2-1-3-8-17/h1-8,13,23H,9-12,14H2. The maximum Gasteiger partial charge on any atom is 0.253 e. The molecule has 0 aromatic heterocycles. The first-order chi connectivity index (χ1) is 13.1. The molecule has 0 spiro atoms. The predicted molar refractivity (Wildman–Crippen MR) is 111 cm³/mol. The van der Waals surface area contributed by atoms with E-state index in [0.717, 1.165) is 18.7 Å². The van der Waals surface area contributed by atoms with Crippen LogP contribution in [0.15, 0.2) is 64.2 Å². The number of hydrogen-bond acceptors (Lipinski definition) is 5. The van der Waals surface area contributed by atoms with Crippen LogP contribution in [0.2, 0.25) is 5.02 Å². The Balaban J connectivity index is 1.44. The Labute approximate surface area is 162 Å². The van der Waals surface area contributed by atoms with Crippen molar-refractivity contribution < 1.29 is 0 Å². The van der Waals surface area contributed by atoms with E-state index >= 15 is 0 Å². The first-order valence-electron chi connectivity index (χ1n) is 9.00. The second-order valence-electron chi connectivity index (χ2n) is 6.67. The molecule has 6 heteroatoms. The lowest BCUT2D eigenvalue weighted by molar-refractivity contribution is 0.650. The Morgan fingerprint density at radius 2 is 1.56 bits per heavy atom. The Bertz CT molecular complexity index is 1000. The second-order valence-corrected chi connectivity index (χ2v) is 7.11. The molecule has 0 atom stereocenters. The molecule has 5 nitrogen and oxygen atoms in total. The number of halogens is 1. The zero-order chi connectivity index (χ0) is 18.8. The molecule has 0 unspecified atom stereocenters. The van der Waals surface area contributed by atoms with Gasteiger partial charge in [-0.1, -0.05) is 41.9 Å². The van der Waals surface area contributed by atoms with Crippen LogP contribution in [0.25, 0.3) is 0 Å². The summed E-state index contributed by atoms with van der Waals surface area (Å²) in [4.78, 5) is 28.5. The van der Waals surface area contributed by atoms with Crippen molar-refractivity contribution in [2.75, 3.05) is 41.3 Å². The number of nitrogens with one attached hydrogen (secondary N) is 1. The number of piperazine rings is 1. The topological polar surface area (TPSA) is 52.7 Å². The number of anilines is 3. The molecule has 1 saturated heterocycles. The van der Waals surface area contributed by atoms with Crippen LogP contribution >= 0.6 is 11.6 Å². The van der Waals surface area contributed by atoms with Gasteiger partial charge in [0.25, 0.3) is 10.9 Å². The summed E-state index contributed by atoms with van der Waals surface area (Å²) >= 11 is 6.00. The summed E-state index contributed by atoms with van der Waals surface area (Å²) in [5.74, 6) is 0. The van der Waals surface area contributed by atoms with Gasteiger partial charge in [-0.15, -0.1) is 0 Å². The molecule has 0 radical (unpaired) electrons. The summed E-state index contributed by atoms with van der Waals surface area (Å²) in [6, 6.07) is 17.7. The smallest absolute Gasteiger partial charge is 0.253 e. The summed E-state index contributed by atoms with van der Waals surface area (Å²) in [6.07, 6.45) is 0. The minimum Gasteiger partial charge on any atom is -0.376 e. The van der Waals surface area contributed by atoms with Crippen molar-refractivity contribution in [3.63, 3.8) is 0 Å². The van der Waals surface area contributed by atoms with Gasteiger partial charge in [-0.25, -0.2) is 0 Å². The van der Waals surface area contributed by atoms with E-state index < -0.39 is 10.9 Å². The first kappa shape index (κ1) is 17.6. The molecule has 138 valence electrons. The maximum atomic E-state index is 12.2. The van der Waals surface area contributed by atoms with Crippen molar-refractivity contribution in [1.29, 1.82) is 0 Å². The van der Waals surface area contributed by atoms with Crippen LogP contribution in [0.5, 0.6) is 0 Å². The Hall–Kier alpha value is -2.79.